The number of aromatic nitrogens is 2. The van der Waals surface area contributed by atoms with Gasteiger partial charge in [-0.25, -0.2) is 4.98 Å². The molecule has 0 unspecified atom stereocenters. The summed E-state index contributed by atoms with van der Waals surface area (Å²) in [6.07, 6.45) is 0. The number of anilines is 3. The molecule has 0 saturated carbocycles. The van der Waals surface area contributed by atoms with Gasteiger partial charge in [0, 0.05) is 39.0 Å². The Morgan fingerprint density at radius 2 is 1.19 bits per heavy atom. The van der Waals surface area contributed by atoms with Gasteiger partial charge in [0.2, 0.25) is 5.89 Å². The summed E-state index contributed by atoms with van der Waals surface area (Å²) in [6, 6.07) is 61.5. The Kier molecular flexibility index (Phi) is 6.43. The van der Waals surface area contributed by atoms with Crippen molar-refractivity contribution < 1.29 is 4.42 Å². The molecule has 47 heavy (non-hydrogen) atoms. The highest BCUT2D eigenvalue weighted by Crippen LogP contribution is 2.44. The molecule has 2 aromatic heterocycles. The highest BCUT2D eigenvalue weighted by atomic mass is 16.3. The average molecular weight is 604 g/mol. The second-order valence-corrected chi connectivity index (χ2v) is 11.6. The predicted octanol–water partition coefficient (Wildman–Crippen LogP) is 11.7. The Morgan fingerprint density at radius 3 is 2.00 bits per heavy atom. The largest absolute Gasteiger partial charge is 0.436 e. The van der Waals surface area contributed by atoms with Gasteiger partial charge in [-0.05, 0) is 72.3 Å². The van der Waals surface area contributed by atoms with Crippen molar-refractivity contribution in [3.05, 3.63) is 176 Å². The maximum absolute atomic E-state index is 6.33. The number of nitrogens with zero attached hydrogens (tertiary/aromatic N) is 3. The summed E-state index contributed by atoms with van der Waals surface area (Å²) in [5.41, 5.74) is 11.5. The van der Waals surface area contributed by atoms with E-state index in [0.29, 0.717) is 5.89 Å². The molecule has 9 rings (SSSR count). The van der Waals surface area contributed by atoms with Crippen LogP contribution in [0.2, 0.25) is 0 Å². The van der Waals surface area contributed by atoms with E-state index in [-0.39, 0.29) is 0 Å². The molecule has 0 aliphatic heterocycles. The van der Waals surface area contributed by atoms with Gasteiger partial charge < -0.3 is 13.9 Å². The summed E-state index contributed by atoms with van der Waals surface area (Å²) >= 11 is 0. The molecule has 0 radical (unpaired) electrons. The monoisotopic (exact) mass is 603 g/mol. The fourth-order valence-electron chi connectivity index (χ4n) is 6.75. The summed E-state index contributed by atoms with van der Waals surface area (Å²) in [6.45, 7) is 0. The minimum Gasteiger partial charge on any atom is -0.436 e. The quantitative estimate of drug-likeness (QED) is 0.190. The lowest BCUT2D eigenvalue weighted by Crippen LogP contribution is -2.11. The van der Waals surface area contributed by atoms with E-state index in [2.05, 4.69) is 161 Å². The Morgan fingerprint density at radius 1 is 0.511 bits per heavy atom. The Bertz CT molecular complexity index is 2480. The van der Waals surface area contributed by atoms with Gasteiger partial charge >= 0.3 is 0 Å². The van der Waals surface area contributed by atoms with Crippen LogP contribution in [-0.4, -0.2) is 9.55 Å². The van der Waals surface area contributed by atoms with Crippen LogP contribution < -0.4 is 4.90 Å². The molecule has 7 aromatic carbocycles. The first-order chi connectivity index (χ1) is 23.3. The third-order valence-corrected chi connectivity index (χ3v) is 8.82. The first-order valence-electron chi connectivity index (χ1n) is 15.8. The predicted molar refractivity (Wildman–Crippen MR) is 194 cm³/mol. The standard InChI is InChI=1S/C43H29N3O/c1-4-15-30(16-5-1)34-21-10-12-24-38(34)45(31-17-6-2-7-18-31)33-27-28-35-40(29-33)46(32-19-8-3-9-20-32)39-25-14-22-36(42(35)39)43-44-37-23-11-13-26-41(37)47-43/h1-29H. The van der Waals surface area contributed by atoms with Crippen molar-refractivity contribution in [1.29, 1.82) is 0 Å². The van der Waals surface area contributed by atoms with Gasteiger partial charge in [-0.15, -0.1) is 0 Å². The lowest BCUT2D eigenvalue weighted by molar-refractivity contribution is 0.620. The van der Waals surface area contributed by atoms with Crippen LogP contribution in [0, 0.1) is 0 Å². The number of hydrogen-bond donors (Lipinski definition) is 0. The van der Waals surface area contributed by atoms with Crippen LogP contribution in [0.15, 0.2) is 180 Å². The maximum atomic E-state index is 6.33. The molecule has 0 aliphatic carbocycles. The van der Waals surface area contributed by atoms with Crippen LogP contribution in [-0.2, 0) is 0 Å². The van der Waals surface area contributed by atoms with Crippen LogP contribution in [0.25, 0.3) is 61.2 Å². The number of fused-ring (bicyclic) bond motifs is 4. The van der Waals surface area contributed by atoms with Gasteiger partial charge in [0.05, 0.1) is 16.7 Å². The molecule has 4 nitrogen and oxygen atoms in total. The van der Waals surface area contributed by atoms with E-state index in [4.69, 9.17) is 9.40 Å². The molecule has 2 heterocycles. The normalized spacial score (nSPS) is 11.4. The molecular weight excluding hydrogens is 574 g/mol. The molecule has 0 bridgehead atoms. The highest BCUT2D eigenvalue weighted by Gasteiger charge is 2.22. The molecule has 0 aliphatic rings. The first kappa shape index (κ1) is 27.0. The van der Waals surface area contributed by atoms with E-state index in [1.165, 1.54) is 11.1 Å². The molecule has 0 atom stereocenters. The smallest absolute Gasteiger partial charge is 0.228 e. The molecule has 4 heteroatoms. The highest BCUT2D eigenvalue weighted by molar-refractivity contribution is 6.16. The number of para-hydroxylation sites is 5. The van der Waals surface area contributed by atoms with E-state index in [9.17, 15) is 0 Å². The molecule has 9 aromatic rings. The maximum Gasteiger partial charge on any atom is 0.228 e. The third kappa shape index (κ3) is 4.58. The summed E-state index contributed by atoms with van der Waals surface area (Å²) in [7, 11) is 0. The van der Waals surface area contributed by atoms with Crippen LogP contribution >= 0.6 is 0 Å². The summed E-state index contributed by atoms with van der Waals surface area (Å²) < 4.78 is 8.68. The third-order valence-electron chi connectivity index (χ3n) is 8.82. The van der Waals surface area contributed by atoms with E-state index >= 15 is 0 Å². The Balaban J connectivity index is 1.33. The topological polar surface area (TPSA) is 34.2 Å². The molecule has 222 valence electrons. The van der Waals surface area contributed by atoms with Crippen molar-refractivity contribution in [1.82, 2.24) is 9.55 Å². The van der Waals surface area contributed by atoms with E-state index in [0.717, 1.165) is 61.2 Å². The number of oxazole rings is 1. The summed E-state index contributed by atoms with van der Waals surface area (Å²) in [5, 5.41) is 2.25. The van der Waals surface area contributed by atoms with Crippen molar-refractivity contribution in [3.63, 3.8) is 0 Å². The molecule has 0 fully saturated rings. The number of benzene rings is 7. The van der Waals surface area contributed by atoms with Crippen LogP contribution in [0.3, 0.4) is 0 Å². The second kappa shape index (κ2) is 11.2. The Hall–Kier alpha value is -6.39. The van der Waals surface area contributed by atoms with E-state index < -0.39 is 0 Å². The van der Waals surface area contributed by atoms with Crippen molar-refractivity contribution >= 4 is 50.0 Å². The van der Waals surface area contributed by atoms with Crippen LogP contribution in [0.1, 0.15) is 0 Å². The van der Waals surface area contributed by atoms with Gasteiger partial charge in [0.15, 0.2) is 5.58 Å². The van der Waals surface area contributed by atoms with Gasteiger partial charge in [0.25, 0.3) is 0 Å². The fraction of sp³-hybridized carbons (Fsp3) is 0. The first-order valence-corrected chi connectivity index (χ1v) is 15.8. The van der Waals surface area contributed by atoms with Crippen molar-refractivity contribution in [3.8, 4) is 28.3 Å². The SMILES string of the molecule is c1ccc(-c2ccccc2N(c2ccccc2)c2ccc3c4c(-c5nc6ccccc6o5)cccc4n(-c4ccccc4)c3c2)cc1. The second-order valence-electron chi connectivity index (χ2n) is 11.6. The molecule has 0 saturated heterocycles. The zero-order valence-electron chi connectivity index (χ0n) is 25.5. The Labute approximate surface area is 272 Å². The molecule has 0 N–H and O–H groups in total. The number of rotatable bonds is 6. The fourth-order valence-corrected chi connectivity index (χ4v) is 6.75. The van der Waals surface area contributed by atoms with Crippen molar-refractivity contribution in [2.75, 3.05) is 4.90 Å². The minimum absolute atomic E-state index is 0.621. The van der Waals surface area contributed by atoms with Gasteiger partial charge in [-0.2, -0.15) is 0 Å². The zero-order chi connectivity index (χ0) is 31.2. The molecule has 0 spiro atoms. The van der Waals surface area contributed by atoms with Crippen LogP contribution in [0.5, 0.6) is 0 Å². The molecule has 0 amide bonds. The van der Waals surface area contributed by atoms with Gasteiger partial charge in [-0.3, -0.25) is 0 Å². The van der Waals surface area contributed by atoms with E-state index in [1.54, 1.807) is 0 Å². The van der Waals surface area contributed by atoms with Crippen molar-refractivity contribution in [2.24, 2.45) is 0 Å². The minimum atomic E-state index is 0.621. The average Bonchev–Trinajstić information content (AvgIpc) is 3.72. The lowest BCUT2D eigenvalue weighted by Gasteiger charge is -2.28. The van der Waals surface area contributed by atoms with Crippen LogP contribution in [0.4, 0.5) is 17.1 Å². The van der Waals surface area contributed by atoms with Crippen molar-refractivity contribution in [2.45, 2.75) is 0 Å². The van der Waals surface area contributed by atoms with E-state index in [1.807, 2.05) is 24.3 Å². The molecular formula is C43H29N3O. The number of hydrogen-bond acceptors (Lipinski definition) is 3. The van der Waals surface area contributed by atoms with Gasteiger partial charge in [0.1, 0.15) is 5.52 Å². The zero-order valence-corrected chi connectivity index (χ0v) is 25.5. The van der Waals surface area contributed by atoms with Gasteiger partial charge in [-0.1, -0.05) is 109 Å². The summed E-state index contributed by atoms with van der Waals surface area (Å²) in [4.78, 5) is 7.26. The summed E-state index contributed by atoms with van der Waals surface area (Å²) in [5.74, 6) is 0.621. The lowest BCUT2D eigenvalue weighted by atomic mass is 10.0.